The molecule has 126 valence electrons. The number of rotatable bonds is 3. The van der Waals surface area contributed by atoms with Crippen molar-refractivity contribution in [1.29, 1.82) is 0 Å². The number of benzene rings is 2. The quantitative estimate of drug-likeness (QED) is 0.799. The molecule has 0 saturated heterocycles. The van der Waals surface area contributed by atoms with Crippen LogP contribution >= 0.6 is 0 Å². The lowest BCUT2D eigenvalue weighted by Crippen LogP contribution is -2.26. The average molecular weight is 334 g/mol. The molecule has 0 aliphatic carbocycles. The molecule has 1 atom stereocenters. The van der Waals surface area contributed by atoms with Gasteiger partial charge in [-0.05, 0) is 36.8 Å². The minimum atomic E-state index is -0.191. The fraction of sp³-hybridized carbons (Fsp3) is 0.211. The molecule has 1 aliphatic rings. The SMILES string of the molecule is Cn1cnnc1-c1ccc(NC(=O)C2CCOc3ccccc32)cc1. The molecule has 1 N–H and O–H groups in total. The summed E-state index contributed by atoms with van der Waals surface area (Å²) in [4.78, 5) is 12.7. The number of para-hydroxylation sites is 1. The Kier molecular flexibility index (Phi) is 3.93. The van der Waals surface area contributed by atoms with E-state index in [1.54, 1.807) is 6.33 Å². The van der Waals surface area contributed by atoms with Gasteiger partial charge in [0.1, 0.15) is 12.1 Å². The minimum Gasteiger partial charge on any atom is -0.493 e. The van der Waals surface area contributed by atoms with Crippen LogP contribution in [0.3, 0.4) is 0 Å². The normalized spacial score (nSPS) is 16.0. The maximum atomic E-state index is 12.7. The van der Waals surface area contributed by atoms with Crippen LogP contribution in [-0.2, 0) is 11.8 Å². The van der Waals surface area contributed by atoms with E-state index in [1.165, 1.54) is 0 Å². The standard InChI is InChI=1S/C19H18N4O2/c1-23-12-20-22-18(23)13-6-8-14(9-7-13)21-19(24)16-10-11-25-17-5-3-2-4-15(16)17/h2-9,12,16H,10-11H2,1H3,(H,21,24). The first-order valence-corrected chi connectivity index (χ1v) is 8.19. The fourth-order valence-electron chi connectivity index (χ4n) is 3.09. The maximum absolute atomic E-state index is 12.7. The number of hydrogen-bond donors (Lipinski definition) is 1. The molecule has 0 saturated carbocycles. The second-order valence-electron chi connectivity index (χ2n) is 6.06. The van der Waals surface area contributed by atoms with Gasteiger partial charge >= 0.3 is 0 Å². The Hall–Kier alpha value is -3.15. The summed E-state index contributed by atoms with van der Waals surface area (Å²) in [6.07, 6.45) is 2.34. The van der Waals surface area contributed by atoms with Gasteiger partial charge in [0.2, 0.25) is 5.91 Å². The van der Waals surface area contributed by atoms with Crippen molar-refractivity contribution >= 4 is 11.6 Å². The number of carbonyl (C=O) groups excluding carboxylic acids is 1. The third-order valence-corrected chi connectivity index (χ3v) is 4.40. The van der Waals surface area contributed by atoms with E-state index in [2.05, 4.69) is 15.5 Å². The number of aromatic nitrogens is 3. The molecule has 1 amide bonds. The largest absolute Gasteiger partial charge is 0.493 e. The molecule has 3 aromatic rings. The number of anilines is 1. The van der Waals surface area contributed by atoms with Crippen LogP contribution in [0.15, 0.2) is 54.9 Å². The molecule has 0 spiro atoms. The summed E-state index contributed by atoms with van der Waals surface area (Å²) in [5, 5.41) is 11.0. The monoisotopic (exact) mass is 334 g/mol. The molecule has 2 aromatic carbocycles. The zero-order chi connectivity index (χ0) is 17.2. The lowest BCUT2D eigenvalue weighted by atomic mass is 9.92. The highest BCUT2D eigenvalue weighted by atomic mass is 16.5. The number of nitrogens with zero attached hydrogens (tertiary/aromatic N) is 3. The highest BCUT2D eigenvalue weighted by Gasteiger charge is 2.27. The predicted octanol–water partition coefficient (Wildman–Crippen LogP) is 2.99. The number of carbonyl (C=O) groups is 1. The Morgan fingerprint density at radius 3 is 2.76 bits per heavy atom. The van der Waals surface area contributed by atoms with Crippen LogP contribution in [0, 0.1) is 0 Å². The maximum Gasteiger partial charge on any atom is 0.232 e. The summed E-state index contributed by atoms with van der Waals surface area (Å²) in [5.74, 6) is 1.38. The molecule has 2 heterocycles. The van der Waals surface area contributed by atoms with Gasteiger partial charge in [-0.25, -0.2) is 0 Å². The van der Waals surface area contributed by atoms with Crippen LogP contribution in [0.5, 0.6) is 5.75 Å². The van der Waals surface area contributed by atoms with Crippen LogP contribution in [0.1, 0.15) is 17.9 Å². The number of ether oxygens (including phenoxy) is 1. The van der Waals surface area contributed by atoms with Crippen LogP contribution in [0.4, 0.5) is 5.69 Å². The van der Waals surface area contributed by atoms with Gasteiger partial charge in [0.25, 0.3) is 0 Å². The Labute approximate surface area is 145 Å². The van der Waals surface area contributed by atoms with Crippen LogP contribution in [-0.4, -0.2) is 27.3 Å². The molecule has 1 aliphatic heterocycles. The zero-order valence-electron chi connectivity index (χ0n) is 13.8. The smallest absolute Gasteiger partial charge is 0.232 e. The third kappa shape index (κ3) is 2.98. The Morgan fingerprint density at radius 1 is 1.20 bits per heavy atom. The van der Waals surface area contributed by atoms with Gasteiger partial charge in [-0.2, -0.15) is 0 Å². The van der Waals surface area contributed by atoms with Crippen LogP contribution in [0.25, 0.3) is 11.4 Å². The van der Waals surface area contributed by atoms with Crippen molar-refractivity contribution in [3.8, 4) is 17.1 Å². The Morgan fingerprint density at radius 2 is 2.00 bits per heavy atom. The van der Waals surface area contributed by atoms with Gasteiger partial charge in [0, 0.05) is 23.9 Å². The van der Waals surface area contributed by atoms with Crippen LogP contribution < -0.4 is 10.1 Å². The van der Waals surface area contributed by atoms with E-state index in [0.717, 1.165) is 28.4 Å². The third-order valence-electron chi connectivity index (χ3n) is 4.40. The van der Waals surface area contributed by atoms with Gasteiger partial charge in [0.05, 0.1) is 12.5 Å². The summed E-state index contributed by atoms with van der Waals surface area (Å²) in [7, 11) is 1.90. The van der Waals surface area contributed by atoms with Gasteiger partial charge < -0.3 is 14.6 Å². The first-order chi connectivity index (χ1) is 12.2. The van der Waals surface area contributed by atoms with E-state index in [0.29, 0.717) is 13.0 Å². The van der Waals surface area contributed by atoms with Crippen molar-refractivity contribution in [2.75, 3.05) is 11.9 Å². The summed E-state index contributed by atoms with van der Waals surface area (Å²) in [5.41, 5.74) is 2.66. The van der Waals surface area contributed by atoms with Crippen LogP contribution in [0.2, 0.25) is 0 Å². The molecule has 6 heteroatoms. The van der Waals surface area contributed by atoms with E-state index in [4.69, 9.17) is 4.74 Å². The summed E-state index contributed by atoms with van der Waals surface area (Å²) in [6, 6.07) is 15.3. The number of aryl methyl sites for hydroxylation is 1. The lowest BCUT2D eigenvalue weighted by Gasteiger charge is -2.25. The highest BCUT2D eigenvalue weighted by molar-refractivity contribution is 5.96. The molecular weight excluding hydrogens is 316 g/mol. The van der Waals surface area contributed by atoms with Gasteiger partial charge in [0.15, 0.2) is 5.82 Å². The molecular formula is C19H18N4O2. The molecule has 0 bridgehead atoms. The van der Waals surface area contributed by atoms with E-state index in [9.17, 15) is 4.79 Å². The molecule has 25 heavy (non-hydrogen) atoms. The predicted molar refractivity (Wildman–Crippen MR) is 94.4 cm³/mol. The second kappa shape index (κ2) is 6.39. The molecule has 4 rings (SSSR count). The Balaban J connectivity index is 1.51. The van der Waals surface area contributed by atoms with E-state index in [-0.39, 0.29) is 11.8 Å². The summed E-state index contributed by atoms with van der Waals surface area (Å²) < 4.78 is 7.48. The number of amides is 1. The van der Waals surface area contributed by atoms with E-state index < -0.39 is 0 Å². The van der Waals surface area contributed by atoms with Crippen molar-refractivity contribution in [2.24, 2.45) is 7.05 Å². The first kappa shape index (κ1) is 15.4. The molecule has 0 radical (unpaired) electrons. The van der Waals surface area contributed by atoms with Gasteiger partial charge in [-0.3, -0.25) is 4.79 Å². The minimum absolute atomic E-state index is 0.0119. The number of nitrogens with one attached hydrogen (secondary N) is 1. The molecule has 1 unspecified atom stereocenters. The highest BCUT2D eigenvalue weighted by Crippen LogP contribution is 2.34. The van der Waals surface area contributed by atoms with Crippen molar-refractivity contribution in [3.63, 3.8) is 0 Å². The lowest BCUT2D eigenvalue weighted by molar-refractivity contribution is -0.118. The average Bonchev–Trinajstić information content (AvgIpc) is 3.08. The first-order valence-electron chi connectivity index (χ1n) is 8.19. The van der Waals surface area contributed by atoms with Crippen molar-refractivity contribution in [2.45, 2.75) is 12.3 Å². The van der Waals surface area contributed by atoms with E-state index >= 15 is 0 Å². The zero-order valence-corrected chi connectivity index (χ0v) is 13.8. The summed E-state index contributed by atoms with van der Waals surface area (Å²) >= 11 is 0. The second-order valence-corrected chi connectivity index (χ2v) is 6.06. The van der Waals surface area contributed by atoms with Gasteiger partial charge in [-0.1, -0.05) is 18.2 Å². The molecule has 1 aromatic heterocycles. The fourth-order valence-corrected chi connectivity index (χ4v) is 3.09. The van der Waals surface area contributed by atoms with Crippen molar-refractivity contribution in [3.05, 3.63) is 60.4 Å². The number of hydrogen-bond acceptors (Lipinski definition) is 4. The Bertz CT molecular complexity index is 902. The molecule has 6 nitrogen and oxygen atoms in total. The topological polar surface area (TPSA) is 69.0 Å². The van der Waals surface area contributed by atoms with E-state index in [1.807, 2.05) is 60.1 Å². The number of fused-ring (bicyclic) bond motifs is 1. The van der Waals surface area contributed by atoms with Gasteiger partial charge in [-0.15, -0.1) is 10.2 Å². The van der Waals surface area contributed by atoms with Crippen molar-refractivity contribution < 1.29 is 9.53 Å². The van der Waals surface area contributed by atoms with Crippen molar-refractivity contribution in [1.82, 2.24) is 14.8 Å². The molecule has 0 fully saturated rings. The summed E-state index contributed by atoms with van der Waals surface area (Å²) in [6.45, 7) is 0.556.